The summed E-state index contributed by atoms with van der Waals surface area (Å²) >= 11 is 0. The lowest BCUT2D eigenvalue weighted by Gasteiger charge is -2.19. The van der Waals surface area contributed by atoms with E-state index in [1.165, 1.54) is 66.1 Å². The Hall–Kier alpha value is -7.23. The van der Waals surface area contributed by atoms with Crippen LogP contribution in [0.25, 0.3) is 83.3 Å². The van der Waals surface area contributed by atoms with Crippen LogP contribution in [-0.4, -0.2) is 15.0 Å². The lowest BCUT2D eigenvalue weighted by atomic mass is 9.86. The molecule has 9 aromatic rings. The monoisotopic (exact) mass is 727 g/mol. The smallest absolute Gasteiger partial charge is 0.163 e. The van der Waals surface area contributed by atoms with E-state index in [-0.39, 0.29) is 5.92 Å². The Bertz CT molecular complexity index is 3070. The van der Waals surface area contributed by atoms with Gasteiger partial charge in [0.1, 0.15) is 5.82 Å². The maximum absolute atomic E-state index is 5.16. The molecule has 0 saturated carbocycles. The largest absolute Gasteiger partial charge is 0.212 e. The van der Waals surface area contributed by atoms with Crippen molar-refractivity contribution in [3.8, 4) is 56.2 Å². The zero-order valence-corrected chi connectivity index (χ0v) is 31.3. The van der Waals surface area contributed by atoms with E-state index in [2.05, 4.69) is 170 Å². The SMILES string of the molecule is C1=CC(c2nc(-c3ccccc3)nc(-c3cccc(-c4ccccc4)c3)n2)CC=C1c1cccc2c1-c1cc(-c3ccc4ccccc4c3)c3ccccc3c1C2. The molecule has 2 aliphatic rings. The molecule has 3 heteroatoms. The third-order valence-corrected chi connectivity index (χ3v) is 11.7. The molecular weight excluding hydrogens is 691 g/mol. The number of fused-ring (bicyclic) bond motifs is 6. The van der Waals surface area contributed by atoms with Crippen LogP contribution >= 0.6 is 0 Å². The van der Waals surface area contributed by atoms with Crippen molar-refractivity contribution in [3.63, 3.8) is 0 Å². The zero-order chi connectivity index (χ0) is 37.7. The third kappa shape index (κ3) is 5.96. The van der Waals surface area contributed by atoms with E-state index < -0.39 is 0 Å². The quantitative estimate of drug-likeness (QED) is 0.171. The first-order valence-electron chi connectivity index (χ1n) is 19.8. The van der Waals surface area contributed by atoms with E-state index in [0.29, 0.717) is 11.6 Å². The van der Waals surface area contributed by atoms with Crippen LogP contribution in [0.2, 0.25) is 0 Å². The highest BCUT2D eigenvalue weighted by atomic mass is 15.0. The van der Waals surface area contributed by atoms with Crippen LogP contribution in [0.15, 0.2) is 194 Å². The molecule has 11 rings (SSSR count). The van der Waals surface area contributed by atoms with Crippen molar-refractivity contribution >= 4 is 27.1 Å². The predicted molar refractivity (Wildman–Crippen MR) is 236 cm³/mol. The summed E-state index contributed by atoms with van der Waals surface area (Å²) in [4.78, 5) is 15.3. The number of benzene rings is 8. The molecule has 1 aromatic heterocycles. The molecule has 1 atom stereocenters. The summed E-state index contributed by atoms with van der Waals surface area (Å²) in [7, 11) is 0. The second-order valence-corrected chi connectivity index (χ2v) is 15.1. The average molecular weight is 728 g/mol. The Labute approximate surface area is 332 Å². The molecule has 1 unspecified atom stereocenters. The third-order valence-electron chi connectivity index (χ3n) is 11.7. The Morgan fingerprint density at radius 1 is 0.439 bits per heavy atom. The fourth-order valence-corrected chi connectivity index (χ4v) is 8.82. The first-order valence-corrected chi connectivity index (χ1v) is 19.8. The molecule has 8 aromatic carbocycles. The second kappa shape index (κ2) is 13.8. The van der Waals surface area contributed by atoms with Gasteiger partial charge in [0.25, 0.3) is 0 Å². The Morgan fingerprint density at radius 2 is 1.12 bits per heavy atom. The summed E-state index contributed by atoms with van der Waals surface area (Å²) in [6, 6.07) is 62.9. The van der Waals surface area contributed by atoms with Crippen LogP contribution in [-0.2, 0) is 6.42 Å². The first kappa shape index (κ1) is 33.1. The van der Waals surface area contributed by atoms with Crippen molar-refractivity contribution in [2.24, 2.45) is 0 Å². The van der Waals surface area contributed by atoms with Gasteiger partial charge in [-0.05, 0) is 108 Å². The summed E-state index contributed by atoms with van der Waals surface area (Å²) in [6.45, 7) is 0. The molecule has 0 spiro atoms. The van der Waals surface area contributed by atoms with Gasteiger partial charge in [0, 0.05) is 17.0 Å². The molecule has 0 amide bonds. The summed E-state index contributed by atoms with van der Waals surface area (Å²) in [6.07, 6.45) is 8.68. The van der Waals surface area contributed by atoms with Gasteiger partial charge in [-0.15, -0.1) is 0 Å². The number of nitrogens with zero attached hydrogens (tertiary/aromatic N) is 3. The van der Waals surface area contributed by atoms with Crippen molar-refractivity contribution in [1.82, 2.24) is 15.0 Å². The van der Waals surface area contributed by atoms with Crippen LogP contribution in [0.4, 0.5) is 0 Å². The number of rotatable bonds is 6. The normalized spacial score (nSPS) is 14.4. The van der Waals surface area contributed by atoms with E-state index in [4.69, 9.17) is 15.0 Å². The first-order chi connectivity index (χ1) is 28.2. The van der Waals surface area contributed by atoms with Crippen LogP contribution in [0, 0.1) is 0 Å². The van der Waals surface area contributed by atoms with Crippen LogP contribution in [0.3, 0.4) is 0 Å². The molecule has 0 aliphatic heterocycles. The van der Waals surface area contributed by atoms with Gasteiger partial charge < -0.3 is 0 Å². The molecule has 3 nitrogen and oxygen atoms in total. The summed E-state index contributed by atoms with van der Waals surface area (Å²) in [5, 5.41) is 5.16. The van der Waals surface area contributed by atoms with Crippen molar-refractivity contribution < 1.29 is 0 Å². The topological polar surface area (TPSA) is 38.7 Å². The minimum absolute atomic E-state index is 0.0164. The molecule has 0 N–H and O–H groups in total. The van der Waals surface area contributed by atoms with Gasteiger partial charge in [-0.1, -0.05) is 176 Å². The van der Waals surface area contributed by atoms with Gasteiger partial charge in [-0.3, -0.25) is 0 Å². The van der Waals surface area contributed by atoms with Gasteiger partial charge in [0.05, 0.1) is 0 Å². The fraction of sp³-hybridized carbons (Fsp3) is 0.0556. The van der Waals surface area contributed by atoms with Crippen molar-refractivity contribution in [2.75, 3.05) is 0 Å². The number of hydrogen-bond donors (Lipinski definition) is 0. The molecule has 57 heavy (non-hydrogen) atoms. The number of aromatic nitrogens is 3. The Balaban J connectivity index is 0.971. The highest BCUT2D eigenvalue weighted by Gasteiger charge is 2.27. The molecule has 2 aliphatic carbocycles. The van der Waals surface area contributed by atoms with Gasteiger partial charge in [-0.25, -0.2) is 15.0 Å². The molecule has 0 radical (unpaired) electrons. The van der Waals surface area contributed by atoms with Crippen molar-refractivity contribution in [3.05, 3.63) is 217 Å². The second-order valence-electron chi connectivity index (χ2n) is 15.1. The molecule has 0 fully saturated rings. The van der Waals surface area contributed by atoms with Crippen LogP contribution in [0.5, 0.6) is 0 Å². The lowest BCUT2D eigenvalue weighted by Crippen LogP contribution is -2.08. The van der Waals surface area contributed by atoms with Gasteiger partial charge >= 0.3 is 0 Å². The number of hydrogen-bond acceptors (Lipinski definition) is 3. The van der Waals surface area contributed by atoms with Gasteiger partial charge in [0.15, 0.2) is 11.6 Å². The lowest BCUT2D eigenvalue weighted by molar-refractivity contribution is 0.766. The maximum atomic E-state index is 5.16. The van der Waals surface area contributed by atoms with Crippen molar-refractivity contribution in [2.45, 2.75) is 18.8 Å². The average Bonchev–Trinajstić information content (AvgIpc) is 3.68. The minimum Gasteiger partial charge on any atom is -0.212 e. The fourth-order valence-electron chi connectivity index (χ4n) is 8.82. The molecule has 268 valence electrons. The molecule has 1 heterocycles. The highest BCUT2D eigenvalue weighted by Crippen LogP contribution is 2.48. The highest BCUT2D eigenvalue weighted by molar-refractivity contribution is 6.07. The summed E-state index contributed by atoms with van der Waals surface area (Å²) in [5.41, 5.74) is 14.8. The maximum Gasteiger partial charge on any atom is 0.163 e. The summed E-state index contributed by atoms with van der Waals surface area (Å²) < 4.78 is 0. The van der Waals surface area contributed by atoms with Crippen molar-refractivity contribution in [1.29, 1.82) is 0 Å². The van der Waals surface area contributed by atoms with E-state index in [1.807, 2.05) is 24.3 Å². The van der Waals surface area contributed by atoms with Gasteiger partial charge in [-0.2, -0.15) is 0 Å². The molecule has 0 bridgehead atoms. The predicted octanol–water partition coefficient (Wildman–Crippen LogP) is 13.5. The van der Waals surface area contributed by atoms with Gasteiger partial charge in [0.2, 0.25) is 0 Å². The minimum atomic E-state index is 0.0164. The van der Waals surface area contributed by atoms with Crippen LogP contribution < -0.4 is 0 Å². The zero-order valence-electron chi connectivity index (χ0n) is 31.3. The standard InChI is InChI=1S/C54H37N3/c1-3-13-35(14-4-1)41-19-11-21-44(32-41)54-56-52(38-16-5-2-6-17-38)55-53(57-54)39-28-26-37(27-29-39)45-24-12-20-43-33-49-47-23-10-9-22-46(47)48(34-50(49)51(43)45)42-30-25-36-15-7-8-18-40(36)31-42/h1-28,30-32,34,39H,29,33H2. The van der Waals surface area contributed by atoms with Crippen LogP contribution in [0.1, 0.15) is 34.9 Å². The van der Waals surface area contributed by atoms with E-state index >= 15 is 0 Å². The Kier molecular flexibility index (Phi) is 8.03. The van der Waals surface area contributed by atoms with E-state index in [0.717, 1.165) is 40.9 Å². The van der Waals surface area contributed by atoms with E-state index in [1.54, 1.807) is 0 Å². The Morgan fingerprint density at radius 3 is 1.93 bits per heavy atom. The van der Waals surface area contributed by atoms with E-state index in [9.17, 15) is 0 Å². The molecule has 0 saturated heterocycles. The number of allylic oxidation sites excluding steroid dienone is 4. The summed E-state index contributed by atoms with van der Waals surface area (Å²) in [5.74, 6) is 2.18. The molecular formula is C54H37N3.